The summed E-state index contributed by atoms with van der Waals surface area (Å²) >= 11 is 0. The molecule has 0 saturated carbocycles. The minimum absolute atomic E-state index is 0.172. The Balaban J connectivity index is 1.03. The zero-order valence-corrected chi connectivity index (χ0v) is 49.6. The van der Waals surface area contributed by atoms with Gasteiger partial charge in [-0.2, -0.15) is 0 Å². The van der Waals surface area contributed by atoms with Crippen molar-refractivity contribution in [1.82, 2.24) is 0 Å². The van der Waals surface area contributed by atoms with Crippen molar-refractivity contribution in [3.8, 4) is 149 Å². The number of phenolic OH excluding ortho intramolecular Hbond substituents is 20. The van der Waals surface area contributed by atoms with Crippen molar-refractivity contribution in [3.63, 3.8) is 0 Å². The largest absolute Gasteiger partial charge is 0.504 e. The summed E-state index contributed by atoms with van der Waals surface area (Å²) < 4.78 is 54.9. The highest BCUT2D eigenvalue weighted by atomic mass is 16.7. The number of benzene rings is 7. The Bertz CT molecular complexity index is 4680. The fourth-order valence-corrected chi connectivity index (χ4v) is 10.9. The minimum Gasteiger partial charge on any atom is -0.504 e. The topological polar surface area (TPSA) is 677 Å². The lowest BCUT2D eigenvalue weighted by Gasteiger charge is -2.42. The molecule has 23 N–H and O–H groups in total. The molecule has 4 heterocycles. The van der Waals surface area contributed by atoms with Crippen molar-refractivity contribution in [2.24, 2.45) is 0 Å². The maximum Gasteiger partial charge on any atom is 0.342 e. The van der Waals surface area contributed by atoms with Crippen molar-refractivity contribution < 1.29 is 198 Å². The Hall–Kier alpha value is -13.6. The van der Waals surface area contributed by atoms with E-state index < -0.39 is 304 Å². The highest BCUT2D eigenvalue weighted by Crippen LogP contribution is 2.57. The van der Waals surface area contributed by atoms with E-state index >= 15 is 0 Å². The Labute approximate surface area is 555 Å². The molecule has 2 saturated heterocycles. The van der Waals surface area contributed by atoms with E-state index in [4.69, 9.17) is 47.4 Å². The van der Waals surface area contributed by atoms with E-state index in [1.165, 1.54) is 0 Å². The van der Waals surface area contributed by atoms with Gasteiger partial charge in [-0.1, -0.05) is 0 Å². The maximum atomic E-state index is 14.9. The number of aliphatic hydroxyl groups is 3. The molecule has 4 aliphatic heterocycles. The van der Waals surface area contributed by atoms with Crippen LogP contribution in [0.25, 0.3) is 22.3 Å². The van der Waals surface area contributed by atoms with E-state index in [0.29, 0.717) is 42.5 Å². The summed E-state index contributed by atoms with van der Waals surface area (Å²) in [4.78, 5) is 100. The number of phenols is 20. The molecular formula is C61H46O40. The number of rotatable bonds is 8. The molecule has 40 nitrogen and oxygen atoms in total. The Morgan fingerprint density at radius 1 is 0.347 bits per heavy atom. The molecule has 0 radical (unpaired) electrons. The molecule has 40 heteroatoms. The van der Waals surface area contributed by atoms with Crippen LogP contribution in [-0.4, -0.2) is 234 Å². The molecule has 0 aliphatic carbocycles. The predicted octanol–water partition coefficient (Wildman–Crippen LogP) is 0.789. The van der Waals surface area contributed by atoms with Crippen LogP contribution in [0, 0.1) is 0 Å². The molecule has 2 fully saturated rings. The van der Waals surface area contributed by atoms with Crippen molar-refractivity contribution in [2.45, 2.75) is 61.4 Å². The van der Waals surface area contributed by atoms with Crippen LogP contribution in [-0.2, 0) is 42.6 Å². The molecule has 101 heavy (non-hydrogen) atoms. The molecule has 11 rings (SSSR count). The molecule has 0 bridgehead atoms. The van der Waals surface area contributed by atoms with Gasteiger partial charge in [-0.25, -0.2) is 33.6 Å². The lowest BCUT2D eigenvalue weighted by molar-refractivity contribution is -0.285. The molecule has 530 valence electrons. The Morgan fingerprint density at radius 2 is 0.683 bits per heavy atom. The number of fused-ring (bicyclic) bond motifs is 8. The SMILES string of the molecule is O=C(OC1C(O)C(O)OC2COC(=O)c3cc(O)c(O)c(O)c3-c3c(cc(Oc4c(C(=O)OC5C(O)OC6COC(=O)c7cc(O)c(O)c(O)c7-c7c(cc(O)c(O)c7O)C(=O)OC6C5OC(=O)c5cc(O)c(O)c(O)c5)cc(O)c(O)c4O)c(O)c3O)C(=O)OC21)c1cc(O)c(O)c(O)c1. The third-order valence-electron chi connectivity index (χ3n) is 15.8. The van der Waals surface area contributed by atoms with Crippen LogP contribution in [0.1, 0.15) is 72.5 Å². The number of cyclic esters (lactones) is 2. The first-order valence-corrected chi connectivity index (χ1v) is 28.1. The summed E-state index contributed by atoms with van der Waals surface area (Å²) in [5.74, 6) is -44.5. The first-order valence-electron chi connectivity index (χ1n) is 28.1. The number of aromatic hydroxyl groups is 20. The van der Waals surface area contributed by atoms with Crippen molar-refractivity contribution in [2.75, 3.05) is 13.2 Å². The second-order valence-corrected chi connectivity index (χ2v) is 22.0. The van der Waals surface area contributed by atoms with Crippen LogP contribution in [0.5, 0.6) is 126 Å². The monoisotopic (exact) mass is 1420 g/mol. The summed E-state index contributed by atoms with van der Waals surface area (Å²) in [5, 5.41) is 249. The quantitative estimate of drug-likeness (QED) is 0.0568. The van der Waals surface area contributed by atoms with Crippen LogP contribution in [0.2, 0.25) is 0 Å². The number of hydrogen-bond acceptors (Lipinski definition) is 40. The number of carbonyl (C=O) groups is 7. The molecule has 4 aliphatic rings. The summed E-state index contributed by atoms with van der Waals surface area (Å²) in [7, 11) is 0. The first-order chi connectivity index (χ1) is 47.5. The molecule has 7 aromatic rings. The van der Waals surface area contributed by atoms with Crippen LogP contribution < -0.4 is 4.74 Å². The lowest BCUT2D eigenvalue weighted by atomic mass is 9.91. The third-order valence-corrected chi connectivity index (χ3v) is 15.8. The zero-order chi connectivity index (χ0) is 73.7. The summed E-state index contributed by atoms with van der Waals surface area (Å²) in [6, 6.07) is 3.50. The van der Waals surface area contributed by atoms with Gasteiger partial charge in [-0.3, -0.25) is 0 Å². The highest BCUT2D eigenvalue weighted by molar-refractivity contribution is 6.10. The van der Waals surface area contributed by atoms with Gasteiger partial charge in [0.1, 0.15) is 37.1 Å². The summed E-state index contributed by atoms with van der Waals surface area (Å²) in [5.41, 5.74) is -12.8. The minimum atomic E-state index is -2.85. The van der Waals surface area contributed by atoms with E-state index in [0.717, 1.165) is 0 Å². The maximum absolute atomic E-state index is 14.9. The molecule has 7 aromatic carbocycles. The average molecular weight is 1420 g/mol. The van der Waals surface area contributed by atoms with E-state index in [1.54, 1.807) is 0 Å². The van der Waals surface area contributed by atoms with E-state index in [2.05, 4.69) is 0 Å². The highest BCUT2D eigenvalue weighted by Gasteiger charge is 2.55. The fourth-order valence-electron chi connectivity index (χ4n) is 10.9. The Kier molecular flexibility index (Phi) is 17.3. The van der Waals surface area contributed by atoms with Gasteiger partial charge in [-0.05, 0) is 42.5 Å². The second-order valence-electron chi connectivity index (χ2n) is 22.0. The van der Waals surface area contributed by atoms with Crippen molar-refractivity contribution in [3.05, 3.63) is 93.5 Å². The molecule has 10 unspecified atom stereocenters. The van der Waals surface area contributed by atoms with Gasteiger partial charge >= 0.3 is 41.8 Å². The van der Waals surface area contributed by atoms with Gasteiger partial charge in [0.05, 0.1) is 33.4 Å². The molecule has 10 atom stereocenters. The van der Waals surface area contributed by atoms with Crippen molar-refractivity contribution in [1.29, 1.82) is 0 Å². The molecule has 0 aromatic heterocycles. The fraction of sp³-hybridized carbons (Fsp3) is 0.197. The van der Waals surface area contributed by atoms with Gasteiger partial charge in [-0.15, -0.1) is 0 Å². The predicted molar refractivity (Wildman–Crippen MR) is 311 cm³/mol. The van der Waals surface area contributed by atoms with Crippen molar-refractivity contribution >= 4 is 41.8 Å². The molecule has 0 spiro atoms. The normalized spacial score (nSPS) is 21.8. The smallest absolute Gasteiger partial charge is 0.342 e. The van der Waals surface area contributed by atoms with Crippen LogP contribution in [0.3, 0.4) is 0 Å². The molecular weight excluding hydrogens is 1370 g/mol. The number of esters is 7. The zero-order valence-electron chi connectivity index (χ0n) is 49.6. The van der Waals surface area contributed by atoms with E-state index in [9.17, 15) is 151 Å². The number of hydrogen-bond donors (Lipinski definition) is 23. The standard InChI is InChI=1S/C61H46O40/c62-19-1-12(2-20(63)34(19)70)53(83)99-50-46(82)60(90)95-28-10-92-56(86)15-6-24(67)37(73)42(78)31(15)33-17(58(88)97-48(28)50)9-27(40(76)44(33)80)94-47-18(8-26(69)39(75)45(47)81)59(89)101-52-51(100-54(84)13-3-21(64)35(71)22(65)4-13)49-29(96-61(52)91)11-93-55(85)14-5-23(66)36(72)41(77)30(14)32-16(57(87)98-49)7-25(68)38(74)43(32)79/h1-9,28-29,46,48-52,60-82,90-91H,10-11H2. The first kappa shape index (κ1) is 68.8. The lowest BCUT2D eigenvalue weighted by Crippen LogP contribution is -2.62. The van der Waals surface area contributed by atoms with E-state index in [1.807, 2.05) is 0 Å². The second kappa shape index (κ2) is 25.5. The van der Waals surface area contributed by atoms with Gasteiger partial charge in [0.15, 0.2) is 135 Å². The van der Waals surface area contributed by atoms with Gasteiger partial charge < -0.3 is 165 Å². The summed E-state index contributed by atoms with van der Waals surface area (Å²) in [6.45, 7) is -2.58. The van der Waals surface area contributed by atoms with Gasteiger partial charge in [0.2, 0.25) is 34.5 Å². The number of aliphatic hydroxyl groups excluding tert-OH is 3. The third kappa shape index (κ3) is 11.8. The average Bonchev–Trinajstić information content (AvgIpc) is 1.70. The van der Waals surface area contributed by atoms with Crippen LogP contribution in [0.15, 0.2) is 54.6 Å². The summed E-state index contributed by atoms with van der Waals surface area (Å²) in [6.07, 6.45) is -25.2. The van der Waals surface area contributed by atoms with Crippen LogP contribution >= 0.6 is 0 Å². The van der Waals surface area contributed by atoms with E-state index in [-0.39, 0.29) is 12.1 Å². The Morgan fingerprint density at radius 3 is 1.12 bits per heavy atom. The number of ether oxygens (including phenoxy) is 10. The van der Waals surface area contributed by atoms with Gasteiger partial charge in [0, 0.05) is 34.4 Å². The van der Waals surface area contributed by atoms with Crippen LogP contribution in [0.4, 0.5) is 0 Å². The number of carbonyl (C=O) groups excluding carboxylic acids is 7. The molecule has 0 amide bonds. The van der Waals surface area contributed by atoms with Gasteiger partial charge in [0.25, 0.3) is 0 Å².